The fourth-order valence-electron chi connectivity index (χ4n) is 3.09. The third-order valence-corrected chi connectivity index (χ3v) is 3.69. The first kappa shape index (κ1) is 15.0. The van der Waals surface area contributed by atoms with Gasteiger partial charge in [0.2, 0.25) is 0 Å². The highest BCUT2D eigenvalue weighted by atomic mass is 16.6. The Kier molecular flexibility index (Phi) is 5.17. The van der Waals surface area contributed by atoms with Gasteiger partial charge >= 0.3 is 6.09 Å². The third kappa shape index (κ3) is 5.07. The van der Waals surface area contributed by atoms with Crippen molar-refractivity contribution in [1.29, 1.82) is 0 Å². The molecule has 2 fully saturated rings. The van der Waals surface area contributed by atoms with Crippen LogP contribution < -0.4 is 5.73 Å². The second-order valence-corrected chi connectivity index (χ2v) is 6.37. The van der Waals surface area contributed by atoms with Crippen LogP contribution in [0.25, 0.3) is 0 Å². The molecule has 0 aromatic carbocycles. The van der Waals surface area contributed by atoms with Crippen LogP contribution in [0, 0.1) is 17.8 Å². The molecule has 2 rings (SSSR count). The molecule has 2 aliphatic carbocycles. The van der Waals surface area contributed by atoms with Crippen LogP contribution in [0.15, 0.2) is 0 Å². The van der Waals surface area contributed by atoms with Crippen molar-refractivity contribution in [2.45, 2.75) is 58.5 Å². The number of rotatable bonds is 2. The summed E-state index contributed by atoms with van der Waals surface area (Å²) in [7, 11) is 0. The van der Waals surface area contributed by atoms with Crippen LogP contribution in [0.4, 0.5) is 4.79 Å². The predicted molar refractivity (Wildman–Crippen MR) is 70.0 cm³/mol. The number of carbonyl (C=O) groups excluding carboxylic acids is 2. The summed E-state index contributed by atoms with van der Waals surface area (Å²) in [5.41, 5.74) is 4.26. The van der Waals surface area contributed by atoms with Crippen LogP contribution in [-0.2, 0) is 9.53 Å². The quantitative estimate of drug-likeness (QED) is 0.771. The number of ether oxygens (including phenoxy) is 1. The average Bonchev–Trinajstić information content (AvgIpc) is 2.76. The Labute approximate surface area is 109 Å². The van der Waals surface area contributed by atoms with Gasteiger partial charge in [0.05, 0.1) is 0 Å². The smallest absolute Gasteiger partial charge is 0.405 e. The van der Waals surface area contributed by atoms with Crippen LogP contribution in [0.2, 0.25) is 0 Å². The number of hydrogen-bond acceptors (Lipinski definition) is 3. The minimum absolute atomic E-state index is 0.453. The molecule has 0 radical (unpaired) electrons. The number of aldehydes is 1. The van der Waals surface area contributed by atoms with E-state index in [9.17, 15) is 9.59 Å². The summed E-state index contributed by atoms with van der Waals surface area (Å²) in [6.45, 7) is 5.28. The molecule has 0 heterocycles. The van der Waals surface area contributed by atoms with Gasteiger partial charge in [-0.25, -0.2) is 4.79 Å². The van der Waals surface area contributed by atoms with Crippen molar-refractivity contribution in [1.82, 2.24) is 0 Å². The van der Waals surface area contributed by atoms with Gasteiger partial charge in [-0.15, -0.1) is 0 Å². The van der Waals surface area contributed by atoms with Crippen LogP contribution in [0.3, 0.4) is 0 Å². The zero-order valence-electron chi connectivity index (χ0n) is 11.6. The minimum atomic E-state index is -0.725. The standard InChI is InChI=1S/C9H14O.C5H11NO2/c10-4-3-9-6-7-1-2-8(9)5-7;1-5(2,3)8-4(6)7/h4,7-9H,1-3,5-6H2;1-3H3,(H2,6,7). The molecule has 3 atom stereocenters. The summed E-state index contributed by atoms with van der Waals surface area (Å²) in [5.74, 6) is 2.70. The fourth-order valence-corrected chi connectivity index (χ4v) is 3.09. The van der Waals surface area contributed by atoms with E-state index in [1.54, 1.807) is 20.8 Å². The lowest BCUT2D eigenvalue weighted by Crippen LogP contribution is -2.27. The zero-order chi connectivity index (χ0) is 13.8. The Balaban J connectivity index is 0.000000187. The van der Waals surface area contributed by atoms with E-state index in [4.69, 9.17) is 5.73 Å². The third-order valence-electron chi connectivity index (χ3n) is 3.69. The van der Waals surface area contributed by atoms with Gasteiger partial charge in [-0.3, -0.25) is 0 Å². The first-order valence-electron chi connectivity index (χ1n) is 6.74. The number of fused-ring (bicyclic) bond motifs is 2. The number of amides is 1. The van der Waals surface area contributed by atoms with Gasteiger partial charge < -0.3 is 15.3 Å². The van der Waals surface area contributed by atoms with E-state index in [1.807, 2.05) is 0 Å². The molecule has 18 heavy (non-hydrogen) atoms. The minimum Gasteiger partial charge on any atom is -0.444 e. The van der Waals surface area contributed by atoms with Crippen LogP contribution in [0.5, 0.6) is 0 Å². The molecule has 4 nitrogen and oxygen atoms in total. The summed E-state index contributed by atoms with van der Waals surface area (Å²) in [4.78, 5) is 20.3. The van der Waals surface area contributed by atoms with Crippen molar-refractivity contribution >= 4 is 12.4 Å². The van der Waals surface area contributed by atoms with Gasteiger partial charge in [0.15, 0.2) is 0 Å². The van der Waals surface area contributed by atoms with Crippen molar-refractivity contribution < 1.29 is 14.3 Å². The van der Waals surface area contributed by atoms with Crippen molar-refractivity contribution in [2.75, 3.05) is 0 Å². The van der Waals surface area contributed by atoms with Gasteiger partial charge in [-0.1, -0.05) is 6.42 Å². The summed E-state index contributed by atoms with van der Waals surface area (Å²) in [6.07, 6.45) is 6.84. The molecule has 0 aromatic heterocycles. The summed E-state index contributed by atoms with van der Waals surface area (Å²) in [5, 5.41) is 0. The zero-order valence-corrected chi connectivity index (χ0v) is 11.6. The second kappa shape index (κ2) is 6.21. The van der Waals surface area contributed by atoms with Gasteiger partial charge in [-0.2, -0.15) is 0 Å². The van der Waals surface area contributed by atoms with Gasteiger partial charge in [-0.05, 0) is 57.8 Å². The molecule has 104 valence electrons. The van der Waals surface area contributed by atoms with E-state index in [0.29, 0.717) is 0 Å². The molecule has 2 N–H and O–H groups in total. The second-order valence-electron chi connectivity index (χ2n) is 6.37. The van der Waals surface area contributed by atoms with Gasteiger partial charge in [0.25, 0.3) is 0 Å². The van der Waals surface area contributed by atoms with E-state index < -0.39 is 11.7 Å². The molecule has 2 saturated carbocycles. The van der Waals surface area contributed by atoms with Crippen molar-refractivity contribution in [3.05, 3.63) is 0 Å². The van der Waals surface area contributed by atoms with Crippen LogP contribution in [-0.4, -0.2) is 18.0 Å². The number of hydrogen-bond donors (Lipinski definition) is 1. The summed E-state index contributed by atoms with van der Waals surface area (Å²) < 4.78 is 4.58. The molecule has 4 heteroatoms. The van der Waals surface area contributed by atoms with Crippen molar-refractivity contribution in [2.24, 2.45) is 23.5 Å². The normalized spacial score (nSPS) is 29.4. The highest BCUT2D eigenvalue weighted by Gasteiger charge is 2.38. The first-order chi connectivity index (χ1) is 8.31. The monoisotopic (exact) mass is 255 g/mol. The molecule has 0 saturated heterocycles. The number of primary amides is 1. The van der Waals surface area contributed by atoms with E-state index >= 15 is 0 Å². The maximum absolute atomic E-state index is 10.2. The largest absolute Gasteiger partial charge is 0.444 e. The Bertz CT molecular complexity index is 296. The Morgan fingerprint density at radius 2 is 2.00 bits per heavy atom. The molecule has 3 unspecified atom stereocenters. The molecule has 0 aromatic rings. The maximum atomic E-state index is 10.2. The maximum Gasteiger partial charge on any atom is 0.405 e. The van der Waals surface area contributed by atoms with Crippen LogP contribution >= 0.6 is 0 Å². The van der Waals surface area contributed by atoms with Crippen molar-refractivity contribution in [3.63, 3.8) is 0 Å². The van der Waals surface area contributed by atoms with E-state index in [1.165, 1.54) is 25.7 Å². The summed E-state index contributed by atoms with van der Waals surface area (Å²) >= 11 is 0. The number of nitrogens with two attached hydrogens (primary N) is 1. The lowest BCUT2D eigenvalue weighted by atomic mass is 9.87. The van der Waals surface area contributed by atoms with Crippen molar-refractivity contribution in [3.8, 4) is 0 Å². The Hall–Kier alpha value is -1.06. The number of carbonyl (C=O) groups is 2. The SMILES string of the molecule is CC(C)(C)OC(N)=O.O=CCC1CC2CCC1C2. The van der Waals surface area contributed by atoms with E-state index in [-0.39, 0.29) is 0 Å². The van der Waals surface area contributed by atoms with Gasteiger partial charge in [0.1, 0.15) is 11.9 Å². The fraction of sp³-hybridized carbons (Fsp3) is 0.857. The van der Waals surface area contributed by atoms with E-state index in [2.05, 4.69) is 4.74 Å². The highest BCUT2D eigenvalue weighted by molar-refractivity contribution is 5.65. The molecule has 2 bridgehead atoms. The molecule has 1 amide bonds. The first-order valence-corrected chi connectivity index (χ1v) is 6.74. The lowest BCUT2D eigenvalue weighted by Gasteiger charge is -2.18. The molecule has 0 aliphatic heterocycles. The molecule has 2 aliphatic rings. The molecular formula is C14H25NO3. The molecular weight excluding hydrogens is 230 g/mol. The van der Waals surface area contributed by atoms with E-state index in [0.717, 1.165) is 30.5 Å². The Morgan fingerprint density at radius 3 is 2.28 bits per heavy atom. The summed E-state index contributed by atoms with van der Waals surface area (Å²) in [6, 6.07) is 0. The Morgan fingerprint density at radius 1 is 1.33 bits per heavy atom. The lowest BCUT2D eigenvalue weighted by molar-refractivity contribution is -0.108. The average molecular weight is 255 g/mol. The van der Waals surface area contributed by atoms with Crippen LogP contribution in [0.1, 0.15) is 52.9 Å². The topological polar surface area (TPSA) is 69.4 Å². The molecule has 0 spiro atoms. The predicted octanol–water partition coefficient (Wildman–Crippen LogP) is 2.89. The highest BCUT2D eigenvalue weighted by Crippen LogP contribution is 2.49. The van der Waals surface area contributed by atoms with Gasteiger partial charge in [0, 0.05) is 6.42 Å².